The first-order chi connectivity index (χ1) is 18.7. The first-order valence-electron chi connectivity index (χ1n) is 13.1. The van der Waals surface area contributed by atoms with Crippen molar-refractivity contribution in [3.8, 4) is 6.07 Å². The maximum atomic E-state index is 14.0. The minimum absolute atomic E-state index is 0.167. The van der Waals surface area contributed by atoms with Crippen molar-refractivity contribution in [2.75, 3.05) is 18.0 Å². The van der Waals surface area contributed by atoms with Crippen LogP contribution in [0.5, 0.6) is 0 Å². The Hall–Kier alpha value is -4.64. The molecule has 8 heteroatoms. The number of aromatic nitrogens is 5. The Bertz CT molecular complexity index is 1650. The van der Waals surface area contributed by atoms with Crippen molar-refractivity contribution in [3.63, 3.8) is 0 Å². The second-order valence-electron chi connectivity index (χ2n) is 9.76. The molecule has 0 saturated carbocycles. The van der Waals surface area contributed by atoms with Crippen molar-refractivity contribution in [1.82, 2.24) is 23.7 Å². The molecule has 38 heavy (non-hydrogen) atoms. The minimum Gasteiger partial charge on any atom is -0.357 e. The maximum Gasteiger partial charge on any atom is 0.278 e. The molecule has 1 saturated heterocycles. The van der Waals surface area contributed by atoms with Crippen molar-refractivity contribution in [2.45, 2.75) is 38.9 Å². The second kappa shape index (κ2) is 10.4. The quantitative estimate of drug-likeness (QED) is 0.329. The van der Waals surface area contributed by atoms with Crippen LogP contribution in [0.4, 0.5) is 5.82 Å². The average molecular weight is 504 g/mol. The molecule has 190 valence electrons. The number of piperidine rings is 1. The minimum atomic E-state index is -0.167. The third-order valence-corrected chi connectivity index (χ3v) is 7.26. The fourth-order valence-electron chi connectivity index (χ4n) is 5.39. The summed E-state index contributed by atoms with van der Waals surface area (Å²) < 4.78 is 5.67. The number of fused-ring (bicyclic) bond motifs is 1. The van der Waals surface area contributed by atoms with E-state index >= 15 is 0 Å². The van der Waals surface area contributed by atoms with Crippen LogP contribution in [0.2, 0.25) is 0 Å². The highest BCUT2D eigenvalue weighted by Crippen LogP contribution is 2.32. The smallest absolute Gasteiger partial charge is 0.278 e. The van der Waals surface area contributed by atoms with Crippen molar-refractivity contribution in [2.24, 2.45) is 0 Å². The van der Waals surface area contributed by atoms with Crippen LogP contribution in [-0.2, 0) is 19.6 Å². The van der Waals surface area contributed by atoms with Crippen LogP contribution in [0.3, 0.4) is 0 Å². The van der Waals surface area contributed by atoms with Crippen molar-refractivity contribution >= 4 is 16.9 Å². The Kier molecular flexibility index (Phi) is 6.49. The third kappa shape index (κ3) is 4.48. The highest BCUT2D eigenvalue weighted by Gasteiger charge is 2.27. The molecule has 6 rings (SSSR count). The number of hydrogen-bond acceptors (Lipinski definition) is 5. The summed E-state index contributed by atoms with van der Waals surface area (Å²) >= 11 is 0. The van der Waals surface area contributed by atoms with E-state index in [0.29, 0.717) is 36.2 Å². The molecule has 0 N–H and O–H groups in total. The molecular weight excluding hydrogens is 474 g/mol. The maximum absolute atomic E-state index is 14.0. The molecule has 8 nitrogen and oxygen atoms in total. The topological polar surface area (TPSA) is 84.7 Å². The second-order valence-corrected chi connectivity index (χ2v) is 9.76. The monoisotopic (exact) mass is 503 g/mol. The zero-order valence-corrected chi connectivity index (χ0v) is 21.2. The number of rotatable bonds is 7. The lowest BCUT2D eigenvalue weighted by atomic mass is 10.1. The fourth-order valence-corrected chi connectivity index (χ4v) is 5.39. The molecule has 1 aliphatic rings. The Balaban J connectivity index is 1.45. The third-order valence-electron chi connectivity index (χ3n) is 7.26. The highest BCUT2D eigenvalue weighted by molar-refractivity contribution is 5.89. The molecule has 4 heterocycles. The summed E-state index contributed by atoms with van der Waals surface area (Å²) in [5.41, 5.74) is 3.48. The van der Waals surface area contributed by atoms with E-state index in [9.17, 15) is 10.1 Å². The normalized spacial score (nSPS) is 13.6. The van der Waals surface area contributed by atoms with Gasteiger partial charge in [-0.15, -0.1) is 0 Å². The Morgan fingerprint density at radius 1 is 0.816 bits per heavy atom. The summed E-state index contributed by atoms with van der Waals surface area (Å²) in [4.78, 5) is 25.5. The van der Waals surface area contributed by atoms with Crippen molar-refractivity contribution in [1.29, 1.82) is 5.26 Å². The molecule has 0 atom stereocenters. The summed E-state index contributed by atoms with van der Waals surface area (Å²) in [6.45, 7) is 3.19. The molecule has 1 aliphatic heterocycles. The highest BCUT2D eigenvalue weighted by atomic mass is 16.1. The molecule has 0 aliphatic carbocycles. The predicted octanol–water partition coefficient (Wildman–Crippen LogP) is 4.40. The lowest BCUT2D eigenvalue weighted by molar-refractivity contribution is 0.564. The molecule has 2 aromatic carbocycles. The number of nitriles is 1. The van der Waals surface area contributed by atoms with Crippen LogP contribution in [0.1, 0.15) is 41.8 Å². The van der Waals surface area contributed by atoms with E-state index in [-0.39, 0.29) is 5.56 Å². The number of nitrogens with zero attached hydrogens (tertiary/aromatic N) is 7. The van der Waals surface area contributed by atoms with E-state index in [1.807, 2.05) is 59.3 Å². The number of imidazole rings is 1. The SMILES string of the molecule is N#Cc1c(N2CCCCC2)n(Cc2ccccc2)c2c(=O)n(Cc3nccn3Cc3ccccc3)cnc12. The molecular formula is C30H29N7O. The molecule has 3 aromatic heterocycles. The van der Waals surface area contributed by atoms with Crippen LogP contribution in [0.25, 0.3) is 11.0 Å². The molecule has 0 radical (unpaired) electrons. The summed E-state index contributed by atoms with van der Waals surface area (Å²) in [6, 6.07) is 22.6. The van der Waals surface area contributed by atoms with Crippen LogP contribution in [0, 0.1) is 11.3 Å². The van der Waals surface area contributed by atoms with Gasteiger partial charge in [-0.1, -0.05) is 60.7 Å². The number of hydrogen-bond donors (Lipinski definition) is 0. The van der Waals surface area contributed by atoms with E-state index < -0.39 is 0 Å². The largest absolute Gasteiger partial charge is 0.357 e. The first-order valence-corrected chi connectivity index (χ1v) is 13.1. The predicted molar refractivity (Wildman–Crippen MR) is 147 cm³/mol. The summed E-state index contributed by atoms with van der Waals surface area (Å²) in [6.07, 6.45) is 8.56. The van der Waals surface area contributed by atoms with E-state index in [1.54, 1.807) is 17.1 Å². The van der Waals surface area contributed by atoms with Gasteiger partial charge in [0.05, 0.1) is 12.9 Å². The van der Waals surface area contributed by atoms with Crippen LogP contribution in [0.15, 0.2) is 84.2 Å². The van der Waals surface area contributed by atoms with Gasteiger partial charge in [-0.25, -0.2) is 9.97 Å². The van der Waals surface area contributed by atoms with Gasteiger partial charge in [0, 0.05) is 38.6 Å². The Morgan fingerprint density at radius 3 is 2.18 bits per heavy atom. The van der Waals surface area contributed by atoms with Gasteiger partial charge in [0.2, 0.25) is 0 Å². The van der Waals surface area contributed by atoms with Crippen LogP contribution >= 0.6 is 0 Å². The summed E-state index contributed by atoms with van der Waals surface area (Å²) in [5, 5.41) is 10.2. The molecule has 0 unspecified atom stereocenters. The van der Waals surface area contributed by atoms with Gasteiger partial charge >= 0.3 is 0 Å². The van der Waals surface area contributed by atoms with Gasteiger partial charge in [0.1, 0.15) is 34.3 Å². The van der Waals surface area contributed by atoms with Crippen molar-refractivity contribution < 1.29 is 0 Å². The average Bonchev–Trinajstić information content (AvgIpc) is 3.53. The standard InChI is InChI=1S/C30H29N7O/c31-18-25-27-28(37(20-24-12-6-2-7-13-24)29(25)34-15-8-3-9-16-34)30(38)36(22-33-27)21-26-32-14-17-35(26)19-23-10-4-1-5-11-23/h1-2,4-7,10-14,17,22H,3,8-9,15-16,19-21H2. The summed E-state index contributed by atoms with van der Waals surface area (Å²) in [7, 11) is 0. The molecule has 5 aromatic rings. The number of anilines is 1. The summed E-state index contributed by atoms with van der Waals surface area (Å²) in [5.74, 6) is 1.58. The van der Waals surface area contributed by atoms with Gasteiger partial charge in [-0.2, -0.15) is 5.26 Å². The van der Waals surface area contributed by atoms with Gasteiger partial charge < -0.3 is 14.0 Å². The van der Waals surface area contributed by atoms with E-state index in [2.05, 4.69) is 37.6 Å². The zero-order chi connectivity index (χ0) is 25.9. The fraction of sp³-hybridized carbons (Fsp3) is 0.267. The van der Waals surface area contributed by atoms with Gasteiger partial charge in [-0.3, -0.25) is 9.36 Å². The molecule has 0 spiro atoms. The van der Waals surface area contributed by atoms with Gasteiger partial charge in [0.15, 0.2) is 0 Å². The zero-order valence-electron chi connectivity index (χ0n) is 21.2. The molecule has 1 fully saturated rings. The van der Waals surface area contributed by atoms with E-state index in [1.165, 1.54) is 6.42 Å². The van der Waals surface area contributed by atoms with Gasteiger partial charge in [-0.05, 0) is 30.4 Å². The van der Waals surface area contributed by atoms with Gasteiger partial charge in [0.25, 0.3) is 5.56 Å². The number of benzene rings is 2. The van der Waals surface area contributed by atoms with Crippen LogP contribution in [-0.4, -0.2) is 36.8 Å². The van der Waals surface area contributed by atoms with E-state index in [0.717, 1.165) is 48.7 Å². The van der Waals surface area contributed by atoms with Crippen LogP contribution < -0.4 is 10.5 Å². The molecule has 0 amide bonds. The van der Waals surface area contributed by atoms with E-state index in [4.69, 9.17) is 0 Å². The van der Waals surface area contributed by atoms with Crippen molar-refractivity contribution in [3.05, 3.63) is 112 Å². The lowest BCUT2D eigenvalue weighted by Gasteiger charge is -2.30. The Morgan fingerprint density at radius 2 is 1.50 bits per heavy atom. The molecule has 0 bridgehead atoms. The lowest BCUT2D eigenvalue weighted by Crippen LogP contribution is -2.32. The first kappa shape index (κ1) is 23.7. The Labute approximate surface area is 221 Å².